The fraction of sp³-hybridized carbons (Fsp3) is 0.294. The van der Waals surface area contributed by atoms with Crippen molar-refractivity contribution in [2.24, 2.45) is 5.73 Å². The molecule has 2 atom stereocenters. The maximum absolute atomic E-state index is 12.5. The first-order valence-electron chi connectivity index (χ1n) is 7.05. The van der Waals surface area contributed by atoms with Crippen molar-refractivity contribution in [2.75, 3.05) is 5.75 Å². The van der Waals surface area contributed by atoms with E-state index in [1.165, 1.54) is 17.5 Å². The number of fused-ring (bicyclic) bond motifs is 1. The van der Waals surface area contributed by atoms with Gasteiger partial charge in [-0.15, -0.1) is 0 Å². The molecular weight excluding hydrogens is 266 g/mol. The second kappa shape index (κ2) is 5.90. The van der Waals surface area contributed by atoms with Gasteiger partial charge in [0.15, 0.2) is 0 Å². The van der Waals surface area contributed by atoms with Crippen LogP contribution in [-0.2, 0) is 23.6 Å². The van der Waals surface area contributed by atoms with Gasteiger partial charge in [-0.2, -0.15) is 0 Å². The average Bonchev–Trinajstić information content (AvgIpc) is 2.95. The summed E-state index contributed by atoms with van der Waals surface area (Å²) < 4.78 is 12.5. The van der Waals surface area contributed by atoms with Crippen LogP contribution in [-0.4, -0.2) is 9.96 Å². The van der Waals surface area contributed by atoms with Crippen molar-refractivity contribution in [2.45, 2.75) is 30.2 Å². The van der Waals surface area contributed by atoms with Gasteiger partial charge in [-0.25, -0.2) is 0 Å². The molecule has 0 saturated heterocycles. The number of nitrogens with two attached hydrogens (primary N) is 1. The monoisotopic (exact) mass is 285 g/mol. The maximum Gasteiger partial charge on any atom is 0.0548 e. The highest BCUT2D eigenvalue weighted by molar-refractivity contribution is 7.85. The number of benzene rings is 2. The molecule has 3 rings (SSSR count). The summed E-state index contributed by atoms with van der Waals surface area (Å²) in [4.78, 5) is 0.914. The second-order valence-electron chi connectivity index (χ2n) is 5.31. The molecule has 3 heteroatoms. The zero-order chi connectivity index (χ0) is 13.9. The summed E-state index contributed by atoms with van der Waals surface area (Å²) in [5.41, 5.74) is 9.98. The van der Waals surface area contributed by atoms with Crippen molar-refractivity contribution in [3.05, 3.63) is 65.2 Å². The van der Waals surface area contributed by atoms with Crippen molar-refractivity contribution < 1.29 is 4.21 Å². The normalized spacial score (nSPS) is 16.6. The molecule has 20 heavy (non-hydrogen) atoms. The minimum absolute atomic E-state index is 0.176. The van der Waals surface area contributed by atoms with E-state index in [2.05, 4.69) is 12.1 Å². The van der Waals surface area contributed by atoms with Crippen LogP contribution in [0.3, 0.4) is 0 Å². The van der Waals surface area contributed by atoms with Crippen LogP contribution in [0.1, 0.15) is 29.2 Å². The van der Waals surface area contributed by atoms with Crippen molar-refractivity contribution in [3.8, 4) is 0 Å². The smallest absolute Gasteiger partial charge is 0.0548 e. The van der Waals surface area contributed by atoms with Gasteiger partial charge < -0.3 is 5.73 Å². The molecule has 0 saturated carbocycles. The van der Waals surface area contributed by atoms with Crippen molar-refractivity contribution in [3.63, 3.8) is 0 Å². The highest BCUT2D eigenvalue weighted by atomic mass is 32.2. The lowest BCUT2D eigenvalue weighted by Gasteiger charge is -2.12. The summed E-state index contributed by atoms with van der Waals surface area (Å²) in [6.45, 7) is 0. The standard InChI is InChI=1S/C17H19NOS/c18-17(14-5-2-1-3-6-14)12-20(19)16-10-9-13-7-4-8-15(13)11-16/h1-3,5-6,9-11,17H,4,7-8,12,18H2. The molecule has 104 valence electrons. The predicted molar refractivity (Wildman–Crippen MR) is 83.1 cm³/mol. The Hall–Kier alpha value is -1.45. The van der Waals surface area contributed by atoms with Gasteiger partial charge in [-0.1, -0.05) is 36.4 Å². The fourth-order valence-corrected chi connectivity index (χ4v) is 3.95. The quantitative estimate of drug-likeness (QED) is 0.938. The molecule has 0 aromatic heterocycles. The van der Waals surface area contributed by atoms with Crippen LogP contribution in [0.2, 0.25) is 0 Å². The van der Waals surface area contributed by atoms with E-state index in [-0.39, 0.29) is 6.04 Å². The Morgan fingerprint density at radius 3 is 2.60 bits per heavy atom. The highest BCUT2D eigenvalue weighted by Crippen LogP contribution is 2.25. The first-order chi connectivity index (χ1) is 9.74. The van der Waals surface area contributed by atoms with Gasteiger partial charge in [0.25, 0.3) is 0 Å². The summed E-state index contributed by atoms with van der Waals surface area (Å²) in [5.74, 6) is 0.475. The first-order valence-corrected chi connectivity index (χ1v) is 8.36. The molecule has 0 aliphatic heterocycles. The van der Waals surface area contributed by atoms with E-state index in [1.807, 2.05) is 36.4 Å². The fourth-order valence-electron chi connectivity index (χ4n) is 2.75. The van der Waals surface area contributed by atoms with E-state index >= 15 is 0 Å². The lowest BCUT2D eigenvalue weighted by atomic mass is 10.1. The number of aryl methyl sites for hydroxylation is 2. The number of hydrogen-bond acceptors (Lipinski definition) is 2. The Morgan fingerprint density at radius 1 is 1.05 bits per heavy atom. The Balaban J connectivity index is 1.73. The predicted octanol–water partition coefficient (Wildman–Crippen LogP) is 2.98. The van der Waals surface area contributed by atoms with Crippen LogP contribution >= 0.6 is 0 Å². The molecule has 2 nitrogen and oxygen atoms in total. The van der Waals surface area contributed by atoms with E-state index < -0.39 is 10.8 Å². The van der Waals surface area contributed by atoms with Crippen LogP contribution in [0.25, 0.3) is 0 Å². The van der Waals surface area contributed by atoms with Gasteiger partial charge in [0, 0.05) is 16.7 Å². The van der Waals surface area contributed by atoms with E-state index in [9.17, 15) is 4.21 Å². The minimum atomic E-state index is -1.03. The summed E-state index contributed by atoms with van der Waals surface area (Å²) in [6.07, 6.45) is 3.49. The van der Waals surface area contributed by atoms with E-state index in [0.717, 1.165) is 23.3 Å². The van der Waals surface area contributed by atoms with Crippen LogP contribution in [0.15, 0.2) is 53.4 Å². The molecule has 2 unspecified atom stereocenters. The zero-order valence-corrected chi connectivity index (χ0v) is 12.2. The molecule has 2 N–H and O–H groups in total. The molecule has 0 fully saturated rings. The third-order valence-electron chi connectivity index (χ3n) is 3.89. The Bertz CT molecular complexity index is 624. The van der Waals surface area contributed by atoms with Crippen LogP contribution in [0, 0.1) is 0 Å². The van der Waals surface area contributed by atoms with Crippen molar-refractivity contribution in [1.82, 2.24) is 0 Å². The van der Waals surface area contributed by atoms with Gasteiger partial charge >= 0.3 is 0 Å². The van der Waals surface area contributed by atoms with Gasteiger partial charge in [0.1, 0.15) is 0 Å². The molecule has 0 amide bonds. The second-order valence-corrected chi connectivity index (χ2v) is 6.81. The highest BCUT2D eigenvalue weighted by Gasteiger charge is 2.15. The molecular formula is C17H19NOS. The minimum Gasteiger partial charge on any atom is -0.323 e. The summed E-state index contributed by atoms with van der Waals surface area (Å²) in [6, 6.07) is 15.9. The summed E-state index contributed by atoms with van der Waals surface area (Å²) in [7, 11) is -1.03. The first kappa shape index (κ1) is 13.5. The molecule has 0 radical (unpaired) electrons. The molecule has 0 bridgehead atoms. The topological polar surface area (TPSA) is 43.1 Å². The largest absolute Gasteiger partial charge is 0.323 e. The summed E-state index contributed by atoms with van der Waals surface area (Å²) in [5, 5.41) is 0. The van der Waals surface area contributed by atoms with Crippen molar-refractivity contribution in [1.29, 1.82) is 0 Å². The Kier molecular flexibility index (Phi) is 3.99. The molecule has 1 aliphatic rings. The van der Waals surface area contributed by atoms with Gasteiger partial charge in [-0.05, 0) is 48.1 Å². The summed E-state index contributed by atoms with van der Waals surface area (Å²) >= 11 is 0. The van der Waals surface area contributed by atoms with E-state index in [0.29, 0.717) is 5.75 Å². The zero-order valence-electron chi connectivity index (χ0n) is 11.4. The van der Waals surface area contributed by atoms with Crippen LogP contribution in [0.5, 0.6) is 0 Å². The average molecular weight is 285 g/mol. The Labute approximate surface area is 122 Å². The molecule has 0 heterocycles. The molecule has 0 spiro atoms. The van der Waals surface area contributed by atoms with Crippen LogP contribution < -0.4 is 5.73 Å². The Morgan fingerprint density at radius 2 is 1.80 bits per heavy atom. The maximum atomic E-state index is 12.5. The van der Waals surface area contributed by atoms with Gasteiger partial charge in [-0.3, -0.25) is 4.21 Å². The lowest BCUT2D eigenvalue weighted by Crippen LogP contribution is -2.18. The molecule has 1 aliphatic carbocycles. The third-order valence-corrected chi connectivity index (χ3v) is 5.33. The van der Waals surface area contributed by atoms with Crippen molar-refractivity contribution >= 4 is 10.8 Å². The number of rotatable bonds is 4. The van der Waals surface area contributed by atoms with Gasteiger partial charge in [0.05, 0.1) is 10.8 Å². The van der Waals surface area contributed by atoms with E-state index in [1.54, 1.807) is 0 Å². The lowest BCUT2D eigenvalue weighted by molar-refractivity contribution is 0.675. The molecule has 2 aromatic carbocycles. The van der Waals surface area contributed by atoms with E-state index in [4.69, 9.17) is 5.73 Å². The van der Waals surface area contributed by atoms with Gasteiger partial charge in [0.2, 0.25) is 0 Å². The SMILES string of the molecule is NC(CS(=O)c1ccc2c(c1)CCC2)c1ccccc1. The number of hydrogen-bond donors (Lipinski definition) is 1. The third kappa shape index (κ3) is 2.84. The van der Waals surface area contributed by atoms with Crippen LogP contribution in [0.4, 0.5) is 0 Å². The molecule has 2 aromatic rings.